The molecule has 134 valence electrons. The van der Waals surface area contributed by atoms with Crippen LogP contribution in [-0.2, 0) is 16.0 Å². The number of carbonyl (C=O) groups excluding carboxylic acids is 2. The summed E-state index contributed by atoms with van der Waals surface area (Å²) >= 11 is 0. The van der Waals surface area contributed by atoms with Gasteiger partial charge in [-0.3, -0.25) is 9.59 Å². The van der Waals surface area contributed by atoms with Gasteiger partial charge in [-0.15, -0.1) is 0 Å². The number of fused-ring (bicyclic) bond motifs is 1. The van der Waals surface area contributed by atoms with E-state index in [0.29, 0.717) is 36.4 Å². The van der Waals surface area contributed by atoms with Crippen molar-refractivity contribution in [3.8, 4) is 5.75 Å². The molecule has 0 atom stereocenters. The minimum atomic E-state index is -0.440. The van der Waals surface area contributed by atoms with Crippen LogP contribution in [0.15, 0.2) is 27.4 Å². The molecule has 2 aromatic rings. The Kier molecular flexibility index (Phi) is 6.16. The Morgan fingerprint density at radius 1 is 1.20 bits per heavy atom. The number of hydrogen-bond acceptors (Lipinski definition) is 5. The van der Waals surface area contributed by atoms with E-state index in [1.54, 1.807) is 19.2 Å². The molecule has 0 saturated heterocycles. The Morgan fingerprint density at radius 3 is 2.60 bits per heavy atom. The summed E-state index contributed by atoms with van der Waals surface area (Å²) in [4.78, 5) is 34.8. The third kappa shape index (κ3) is 4.82. The van der Waals surface area contributed by atoms with Crippen LogP contribution in [0, 0.1) is 6.92 Å². The van der Waals surface area contributed by atoms with E-state index in [-0.39, 0.29) is 18.2 Å². The lowest BCUT2D eigenvalue weighted by Crippen LogP contribution is -2.33. The first kappa shape index (κ1) is 18.5. The molecule has 0 fully saturated rings. The summed E-state index contributed by atoms with van der Waals surface area (Å²) in [5.41, 5.74) is 1.32. The monoisotopic (exact) mass is 346 g/mol. The van der Waals surface area contributed by atoms with E-state index < -0.39 is 5.63 Å². The molecule has 0 aliphatic carbocycles. The summed E-state index contributed by atoms with van der Waals surface area (Å²) in [6, 6.07) is 5.31. The van der Waals surface area contributed by atoms with Crippen molar-refractivity contribution in [3.05, 3.63) is 39.7 Å². The molecule has 7 heteroatoms. The zero-order chi connectivity index (χ0) is 18.4. The topological polar surface area (TPSA) is 97.6 Å². The van der Waals surface area contributed by atoms with Crippen molar-refractivity contribution in [1.29, 1.82) is 0 Å². The second kappa shape index (κ2) is 8.32. The van der Waals surface area contributed by atoms with E-state index in [1.165, 1.54) is 6.92 Å². The minimum Gasteiger partial charge on any atom is -0.497 e. The van der Waals surface area contributed by atoms with Crippen LogP contribution >= 0.6 is 0 Å². The van der Waals surface area contributed by atoms with E-state index in [1.807, 2.05) is 13.0 Å². The highest BCUT2D eigenvalue weighted by Crippen LogP contribution is 2.24. The number of hydrogen-bond donors (Lipinski definition) is 2. The summed E-state index contributed by atoms with van der Waals surface area (Å²) in [5.74, 6) is 0.288. The van der Waals surface area contributed by atoms with Crippen LogP contribution in [0.1, 0.15) is 24.5 Å². The number of amides is 2. The summed E-state index contributed by atoms with van der Waals surface area (Å²) in [6.45, 7) is 3.98. The van der Waals surface area contributed by atoms with Gasteiger partial charge in [0.1, 0.15) is 11.3 Å². The number of nitrogens with one attached hydrogen (secondary N) is 2. The molecule has 1 aromatic heterocycles. The third-order valence-electron chi connectivity index (χ3n) is 3.92. The van der Waals surface area contributed by atoms with Gasteiger partial charge in [-0.1, -0.05) is 0 Å². The quantitative estimate of drug-likeness (QED) is 0.582. The Balaban J connectivity index is 2.04. The molecule has 1 heterocycles. The van der Waals surface area contributed by atoms with Crippen molar-refractivity contribution in [1.82, 2.24) is 10.6 Å². The molecular weight excluding hydrogens is 324 g/mol. The van der Waals surface area contributed by atoms with Crippen molar-refractivity contribution < 1.29 is 18.7 Å². The number of aryl methyl sites for hydroxylation is 1. The summed E-state index contributed by atoms with van der Waals surface area (Å²) in [6.07, 6.45) is 0.468. The summed E-state index contributed by atoms with van der Waals surface area (Å²) < 4.78 is 10.5. The smallest absolute Gasteiger partial charge is 0.339 e. The van der Waals surface area contributed by atoms with Gasteiger partial charge < -0.3 is 19.8 Å². The highest BCUT2D eigenvalue weighted by atomic mass is 16.5. The van der Waals surface area contributed by atoms with E-state index in [9.17, 15) is 14.4 Å². The van der Waals surface area contributed by atoms with Gasteiger partial charge in [-0.2, -0.15) is 0 Å². The van der Waals surface area contributed by atoms with Gasteiger partial charge in [0.25, 0.3) is 0 Å². The van der Waals surface area contributed by atoms with Gasteiger partial charge in [0, 0.05) is 43.5 Å². The molecule has 2 N–H and O–H groups in total. The molecule has 0 unspecified atom stereocenters. The Morgan fingerprint density at radius 2 is 1.92 bits per heavy atom. The maximum Gasteiger partial charge on any atom is 0.339 e. The standard InChI is InChI=1S/C18H22N2O5/c1-11-14-5-4-13(24-3)10-16(14)25-18(23)15(11)6-7-17(22)20-9-8-19-12(2)21/h4-5,10H,6-9H2,1-3H3,(H,19,21)(H,20,22). The van der Waals surface area contributed by atoms with Gasteiger partial charge >= 0.3 is 5.63 Å². The molecule has 2 amide bonds. The minimum absolute atomic E-state index is 0.143. The molecule has 2 rings (SSSR count). The van der Waals surface area contributed by atoms with Crippen LogP contribution in [0.5, 0.6) is 5.75 Å². The van der Waals surface area contributed by atoms with Crippen LogP contribution in [0.3, 0.4) is 0 Å². The predicted octanol–water partition coefficient (Wildman–Crippen LogP) is 1.29. The lowest BCUT2D eigenvalue weighted by atomic mass is 10.0. The highest BCUT2D eigenvalue weighted by molar-refractivity contribution is 5.82. The normalized spacial score (nSPS) is 10.5. The van der Waals surface area contributed by atoms with Crippen LogP contribution in [-0.4, -0.2) is 32.0 Å². The number of benzene rings is 1. The van der Waals surface area contributed by atoms with Crippen LogP contribution in [0.4, 0.5) is 0 Å². The molecule has 7 nitrogen and oxygen atoms in total. The largest absolute Gasteiger partial charge is 0.497 e. The van der Waals surface area contributed by atoms with Crippen molar-refractivity contribution in [2.45, 2.75) is 26.7 Å². The first-order valence-electron chi connectivity index (χ1n) is 8.04. The Labute approximate surface area is 145 Å². The molecule has 0 aliphatic rings. The molecule has 0 radical (unpaired) electrons. The lowest BCUT2D eigenvalue weighted by Gasteiger charge is -2.09. The fourth-order valence-electron chi connectivity index (χ4n) is 2.56. The van der Waals surface area contributed by atoms with E-state index in [0.717, 1.165) is 10.9 Å². The fourth-order valence-corrected chi connectivity index (χ4v) is 2.56. The molecule has 25 heavy (non-hydrogen) atoms. The maximum absolute atomic E-state index is 12.2. The van der Waals surface area contributed by atoms with Crippen molar-refractivity contribution in [2.75, 3.05) is 20.2 Å². The number of rotatable bonds is 7. The predicted molar refractivity (Wildman–Crippen MR) is 93.8 cm³/mol. The second-order valence-corrected chi connectivity index (χ2v) is 5.69. The Bertz CT molecular complexity index is 841. The van der Waals surface area contributed by atoms with E-state index >= 15 is 0 Å². The fraction of sp³-hybridized carbons (Fsp3) is 0.389. The third-order valence-corrected chi connectivity index (χ3v) is 3.92. The summed E-state index contributed by atoms with van der Waals surface area (Å²) in [5, 5.41) is 6.11. The van der Waals surface area contributed by atoms with Gasteiger partial charge in [0.05, 0.1) is 7.11 Å². The first-order chi connectivity index (χ1) is 11.9. The highest BCUT2D eigenvalue weighted by Gasteiger charge is 2.13. The van der Waals surface area contributed by atoms with Crippen LogP contribution in [0.25, 0.3) is 11.0 Å². The second-order valence-electron chi connectivity index (χ2n) is 5.69. The summed E-state index contributed by atoms with van der Waals surface area (Å²) in [7, 11) is 1.55. The van der Waals surface area contributed by atoms with Gasteiger partial charge in [-0.25, -0.2) is 4.79 Å². The molecule has 0 saturated carbocycles. The number of methoxy groups -OCH3 is 1. The molecule has 1 aromatic carbocycles. The van der Waals surface area contributed by atoms with Crippen molar-refractivity contribution in [2.24, 2.45) is 0 Å². The van der Waals surface area contributed by atoms with E-state index in [4.69, 9.17) is 9.15 Å². The zero-order valence-corrected chi connectivity index (χ0v) is 14.6. The average Bonchev–Trinajstić information content (AvgIpc) is 2.57. The van der Waals surface area contributed by atoms with Crippen LogP contribution in [0.2, 0.25) is 0 Å². The van der Waals surface area contributed by atoms with Gasteiger partial charge in [0.2, 0.25) is 11.8 Å². The lowest BCUT2D eigenvalue weighted by molar-refractivity contribution is -0.122. The molecule has 0 spiro atoms. The van der Waals surface area contributed by atoms with Gasteiger partial charge in [-0.05, 0) is 31.0 Å². The SMILES string of the molecule is COc1ccc2c(C)c(CCC(=O)NCCNC(C)=O)c(=O)oc2c1. The molecular formula is C18H22N2O5. The Hall–Kier alpha value is -2.83. The van der Waals surface area contributed by atoms with Crippen molar-refractivity contribution >= 4 is 22.8 Å². The maximum atomic E-state index is 12.2. The van der Waals surface area contributed by atoms with Crippen molar-refractivity contribution in [3.63, 3.8) is 0 Å². The molecule has 0 aliphatic heterocycles. The zero-order valence-electron chi connectivity index (χ0n) is 14.6. The van der Waals surface area contributed by atoms with Crippen LogP contribution < -0.4 is 21.0 Å². The van der Waals surface area contributed by atoms with Gasteiger partial charge in [0.15, 0.2) is 0 Å². The first-order valence-corrected chi connectivity index (χ1v) is 8.04. The number of ether oxygens (including phenoxy) is 1. The van der Waals surface area contributed by atoms with E-state index in [2.05, 4.69) is 10.6 Å². The molecule has 0 bridgehead atoms. The number of carbonyl (C=O) groups is 2. The average molecular weight is 346 g/mol.